The normalized spacial score (nSPS) is 14.4. The summed E-state index contributed by atoms with van der Waals surface area (Å²) in [6.45, 7) is 1.94. The minimum Gasteiger partial charge on any atom is -0.389 e. The molecule has 0 aliphatic carbocycles. The third kappa shape index (κ3) is 2.67. The Kier molecular flexibility index (Phi) is 3.57. The number of rotatable bonds is 1. The lowest BCUT2D eigenvalue weighted by Gasteiger charge is -2.07. The van der Waals surface area contributed by atoms with Gasteiger partial charge in [0.25, 0.3) is 5.90 Å². The molecule has 110 valence electrons. The average molecular weight is 294 g/mol. The van der Waals surface area contributed by atoms with Crippen LogP contribution in [0.2, 0.25) is 0 Å². The molecule has 0 fully saturated rings. The number of carbonyl (C=O) groups excluding carboxylic acids is 1. The van der Waals surface area contributed by atoms with Gasteiger partial charge in [-0.3, -0.25) is 5.32 Å². The van der Waals surface area contributed by atoms with E-state index in [9.17, 15) is 4.79 Å². The summed E-state index contributed by atoms with van der Waals surface area (Å²) >= 11 is 0. The summed E-state index contributed by atoms with van der Waals surface area (Å²) in [5, 5.41) is 6.31. The van der Waals surface area contributed by atoms with Crippen LogP contribution < -0.4 is 11.2 Å². The predicted octanol–water partition coefficient (Wildman–Crippen LogP) is 2.95. The van der Waals surface area contributed by atoms with E-state index in [0.717, 1.165) is 11.1 Å². The van der Waals surface area contributed by atoms with Gasteiger partial charge in [-0.05, 0) is 30.7 Å². The topological polar surface area (TPSA) is 89.1 Å². The molecule has 0 radical (unpaired) electrons. The second kappa shape index (κ2) is 5.69. The number of nitrogens with zero attached hydrogens (tertiary/aromatic N) is 2. The van der Waals surface area contributed by atoms with E-state index in [-0.39, 0.29) is 5.90 Å². The molecule has 0 spiro atoms. The molecule has 22 heavy (non-hydrogen) atoms. The number of para-hydroxylation sites is 1. The molecule has 0 unspecified atom stereocenters. The fraction of sp³-hybridized carbons (Fsp3) is 0.0625. The maximum atomic E-state index is 12.0. The largest absolute Gasteiger partial charge is 0.418 e. The number of nitrogens with one attached hydrogen (secondary N) is 1. The van der Waals surface area contributed by atoms with Gasteiger partial charge in [-0.2, -0.15) is 5.10 Å². The van der Waals surface area contributed by atoms with E-state index >= 15 is 0 Å². The molecule has 1 heterocycles. The molecule has 3 N–H and O–H groups in total. The first-order valence-electron chi connectivity index (χ1n) is 6.69. The Labute approximate surface area is 127 Å². The fourth-order valence-corrected chi connectivity index (χ4v) is 2.20. The first-order chi connectivity index (χ1) is 10.7. The Bertz CT molecular complexity index is 796. The van der Waals surface area contributed by atoms with E-state index in [1.54, 1.807) is 12.1 Å². The van der Waals surface area contributed by atoms with Crippen LogP contribution in [-0.2, 0) is 4.74 Å². The van der Waals surface area contributed by atoms with Gasteiger partial charge in [-0.25, -0.2) is 9.79 Å². The Morgan fingerprint density at radius 2 is 2.05 bits per heavy atom. The average Bonchev–Trinajstić information content (AvgIpc) is 2.83. The van der Waals surface area contributed by atoms with Gasteiger partial charge in [0, 0.05) is 11.3 Å². The highest BCUT2D eigenvalue weighted by Crippen LogP contribution is 2.26. The van der Waals surface area contributed by atoms with Crippen LogP contribution in [0.4, 0.5) is 16.2 Å². The van der Waals surface area contributed by atoms with Crippen LogP contribution in [0.1, 0.15) is 11.1 Å². The molecule has 1 aliphatic heterocycles. The fourth-order valence-electron chi connectivity index (χ4n) is 2.20. The summed E-state index contributed by atoms with van der Waals surface area (Å²) in [5.41, 5.74) is 3.45. The third-order valence-corrected chi connectivity index (χ3v) is 3.17. The lowest BCUT2D eigenvalue weighted by molar-refractivity contribution is 0.213. The maximum absolute atomic E-state index is 12.0. The zero-order valence-corrected chi connectivity index (χ0v) is 11.9. The van der Waals surface area contributed by atoms with Crippen LogP contribution in [0.3, 0.4) is 0 Å². The Morgan fingerprint density at radius 3 is 2.82 bits per heavy atom. The van der Waals surface area contributed by atoms with Crippen molar-refractivity contribution in [3.05, 3.63) is 59.7 Å². The number of ether oxygens (including phenoxy) is 1. The molecule has 6 nitrogen and oxygen atoms in total. The van der Waals surface area contributed by atoms with Gasteiger partial charge in [0.05, 0.1) is 5.69 Å². The molecule has 2 aromatic carbocycles. The number of hydrogen-bond donors (Lipinski definition) is 2. The molecule has 0 saturated heterocycles. The van der Waals surface area contributed by atoms with Crippen molar-refractivity contribution in [2.45, 2.75) is 6.92 Å². The summed E-state index contributed by atoms with van der Waals surface area (Å²) < 4.78 is 5.23. The van der Waals surface area contributed by atoms with Crippen molar-refractivity contribution in [3.8, 4) is 0 Å². The highest BCUT2D eigenvalue weighted by atomic mass is 16.6. The molecule has 6 heteroatoms. The minimum atomic E-state index is -0.640. The number of fused-ring (bicyclic) bond motifs is 1. The smallest absolute Gasteiger partial charge is 0.389 e. The van der Waals surface area contributed by atoms with Crippen molar-refractivity contribution in [2.75, 3.05) is 5.32 Å². The number of nitrogens with two attached hydrogens (primary N) is 1. The summed E-state index contributed by atoms with van der Waals surface area (Å²) in [7, 11) is 0. The zero-order valence-electron chi connectivity index (χ0n) is 11.9. The van der Waals surface area contributed by atoms with E-state index in [2.05, 4.69) is 15.4 Å². The summed E-state index contributed by atoms with van der Waals surface area (Å²) in [6.07, 6.45) is -0.640. The SMILES string of the molecule is Cc1cccc(NC(=O)OC2=Nc3ccccc3/C2=N/N)c1. The van der Waals surface area contributed by atoms with Gasteiger partial charge < -0.3 is 10.6 Å². The number of carbonyl (C=O) groups is 1. The Balaban J connectivity index is 1.75. The number of benzene rings is 2. The maximum Gasteiger partial charge on any atom is 0.418 e. The number of amides is 1. The van der Waals surface area contributed by atoms with Gasteiger partial charge in [0.1, 0.15) is 0 Å². The number of hydrogen-bond acceptors (Lipinski definition) is 5. The monoisotopic (exact) mass is 294 g/mol. The second-order valence-corrected chi connectivity index (χ2v) is 4.80. The van der Waals surface area contributed by atoms with Crippen molar-refractivity contribution >= 4 is 29.1 Å². The quantitative estimate of drug-likeness (QED) is 0.626. The van der Waals surface area contributed by atoms with Gasteiger partial charge >= 0.3 is 6.09 Å². The number of anilines is 1. The van der Waals surface area contributed by atoms with E-state index in [4.69, 9.17) is 10.6 Å². The van der Waals surface area contributed by atoms with Crippen molar-refractivity contribution in [1.82, 2.24) is 0 Å². The molecule has 0 saturated carbocycles. The predicted molar refractivity (Wildman–Crippen MR) is 85.5 cm³/mol. The molecule has 2 aromatic rings. The van der Waals surface area contributed by atoms with Gasteiger partial charge in [0.2, 0.25) is 0 Å². The van der Waals surface area contributed by atoms with Crippen molar-refractivity contribution < 1.29 is 9.53 Å². The molecule has 1 amide bonds. The van der Waals surface area contributed by atoms with Crippen LogP contribution in [0.25, 0.3) is 0 Å². The van der Waals surface area contributed by atoms with Crippen LogP contribution in [0.15, 0.2) is 58.6 Å². The van der Waals surface area contributed by atoms with Gasteiger partial charge in [-0.1, -0.05) is 30.3 Å². The van der Waals surface area contributed by atoms with Gasteiger partial charge in [-0.15, -0.1) is 0 Å². The number of aryl methyl sites for hydroxylation is 1. The summed E-state index contributed by atoms with van der Waals surface area (Å²) in [6, 6.07) is 14.7. The Hall–Kier alpha value is -3.15. The molecular weight excluding hydrogens is 280 g/mol. The third-order valence-electron chi connectivity index (χ3n) is 3.17. The summed E-state index contributed by atoms with van der Waals surface area (Å²) in [5.74, 6) is 5.47. The number of aliphatic imine (C=N–C) groups is 1. The second-order valence-electron chi connectivity index (χ2n) is 4.80. The summed E-state index contributed by atoms with van der Waals surface area (Å²) in [4.78, 5) is 16.2. The molecule has 0 atom stereocenters. The molecular formula is C16H14N4O2. The molecule has 0 aromatic heterocycles. The molecule has 0 bridgehead atoms. The highest BCUT2D eigenvalue weighted by molar-refractivity contribution is 6.50. The lowest BCUT2D eigenvalue weighted by atomic mass is 10.1. The standard InChI is InChI=1S/C16H14N4O2/c1-10-5-4-6-11(9-10)18-16(21)22-15-14(20-17)12-7-2-3-8-13(12)19-15/h2-9H,17H2,1H3,(H,18,21)/b20-14-. The van der Waals surface area contributed by atoms with Crippen LogP contribution in [0.5, 0.6) is 0 Å². The van der Waals surface area contributed by atoms with Crippen molar-refractivity contribution in [2.24, 2.45) is 15.9 Å². The molecule has 3 rings (SSSR count). The number of hydrazone groups is 1. The first-order valence-corrected chi connectivity index (χ1v) is 6.69. The van der Waals surface area contributed by atoms with E-state index < -0.39 is 6.09 Å². The molecule has 1 aliphatic rings. The van der Waals surface area contributed by atoms with E-state index in [1.165, 1.54) is 0 Å². The zero-order chi connectivity index (χ0) is 15.5. The van der Waals surface area contributed by atoms with Crippen molar-refractivity contribution in [3.63, 3.8) is 0 Å². The lowest BCUT2D eigenvalue weighted by Crippen LogP contribution is -2.24. The van der Waals surface area contributed by atoms with Crippen LogP contribution >= 0.6 is 0 Å². The van der Waals surface area contributed by atoms with Gasteiger partial charge in [0.15, 0.2) is 5.71 Å². The van der Waals surface area contributed by atoms with E-state index in [1.807, 2.05) is 43.3 Å². The van der Waals surface area contributed by atoms with Crippen LogP contribution in [0, 0.1) is 6.92 Å². The van der Waals surface area contributed by atoms with Crippen molar-refractivity contribution in [1.29, 1.82) is 0 Å². The highest BCUT2D eigenvalue weighted by Gasteiger charge is 2.26. The Morgan fingerprint density at radius 1 is 1.23 bits per heavy atom. The van der Waals surface area contributed by atoms with E-state index in [0.29, 0.717) is 17.1 Å². The minimum absolute atomic E-state index is 0.0915. The first kappa shape index (κ1) is 13.8. The van der Waals surface area contributed by atoms with Crippen LogP contribution in [-0.4, -0.2) is 17.7 Å².